The summed E-state index contributed by atoms with van der Waals surface area (Å²) in [5.74, 6) is -1.55. The minimum absolute atomic E-state index is 0.00494. The van der Waals surface area contributed by atoms with E-state index < -0.39 is 34.3 Å². The minimum atomic E-state index is -3.92. The summed E-state index contributed by atoms with van der Waals surface area (Å²) in [6.45, 7) is -0.418. The quantitative estimate of drug-likeness (QED) is 0.653. The molecule has 0 aromatic heterocycles. The van der Waals surface area contributed by atoms with Crippen molar-refractivity contribution < 1.29 is 32.0 Å². The van der Waals surface area contributed by atoms with Crippen LogP contribution in [0.15, 0.2) is 53.4 Å². The topological polar surface area (TPSA) is 114 Å². The number of halogens is 1. The zero-order chi connectivity index (χ0) is 20.7. The number of hydrazine groups is 1. The van der Waals surface area contributed by atoms with Gasteiger partial charge in [0.15, 0.2) is 6.61 Å². The summed E-state index contributed by atoms with van der Waals surface area (Å²) in [6, 6.07) is 10.3. The summed E-state index contributed by atoms with van der Waals surface area (Å²) in [5, 5.41) is 0. The highest BCUT2D eigenvalue weighted by atomic mass is 32.2. The molecule has 0 atom stereocenters. The maximum atomic E-state index is 12.8. The molecule has 2 rings (SSSR count). The van der Waals surface area contributed by atoms with Gasteiger partial charge in [-0.3, -0.25) is 25.3 Å². The van der Waals surface area contributed by atoms with Gasteiger partial charge in [-0.25, -0.2) is 12.8 Å². The fraction of sp³-hybridized carbons (Fsp3) is 0.176. The molecule has 2 amide bonds. The fourth-order valence-corrected chi connectivity index (χ4v) is 2.98. The summed E-state index contributed by atoms with van der Waals surface area (Å²) >= 11 is 0. The number of sulfonamides is 1. The van der Waals surface area contributed by atoms with E-state index in [9.17, 15) is 22.4 Å². The lowest BCUT2D eigenvalue weighted by atomic mass is 10.2. The SMILES string of the molecule is CON(C)S(=O)(=O)c1cccc(C(=O)NNC(=O)COc2ccc(F)cc2)c1. The number of ether oxygens (including phenoxy) is 1. The highest BCUT2D eigenvalue weighted by Gasteiger charge is 2.22. The maximum Gasteiger partial charge on any atom is 0.276 e. The fourth-order valence-electron chi connectivity index (χ4n) is 1.96. The van der Waals surface area contributed by atoms with Crippen molar-refractivity contribution in [2.24, 2.45) is 0 Å². The van der Waals surface area contributed by atoms with Crippen LogP contribution >= 0.6 is 0 Å². The van der Waals surface area contributed by atoms with Crippen LogP contribution < -0.4 is 15.6 Å². The number of benzene rings is 2. The number of rotatable bonds is 7. The molecule has 0 aliphatic rings. The second kappa shape index (κ2) is 9.26. The Kier molecular flexibility index (Phi) is 7.04. The minimum Gasteiger partial charge on any atom is -0.484 e. The van der Waals surface area contributed by atoms with Gasteiger partial charge >= 0.3 is 0 Å². The lowest BCUT2D eigenvalue weighted by Crippen LogP contribution is -2.43. The van der Waals surface area contributed by atoms with Gasteiger partial charge in [0, 0.05) is 12.6 Å². The van der Waals surface area contributed by atoms with Gasteiger partial charge in [-0.15, -0.1) is 0 Å². The van der Waals surface area contributed by atoms with E-state index in [1.165, 1.54) is 56.6 Å². The molecule has 0 radical (unpaired) electrons. The zero-order valence-corrected chi connectivity index (χ0v) is 15.8. The van der Waals surface area contributed by atoms with E-state index in [0.29, 0.717) is 4.47 Å². The van der Waals surface area contributed by atoms with E-state index in [-0.39, 0.29) is 16.2 Å². The van der Waals surface area contributed by atoms with Crippen molar-refractivity contribution in [1.29, 1.82) is 0 Å². The molecule has 0 spiro atoms. The van der Waals surface area contributed by atoms with Crippen LogP contribution in [0.3, 0.4) is 0 Å². The van der Waals surface area contributed by atoms with Gasteiger partial charge in [0.2, 0.25) is 0 Å². The van der Waals surface area contributed by atoms with Crippen molar-refractivity contribution in [3.63, 3.8) is 0 Å². The Morgan fingerprint density at radius 1 is 1.11 bits per heavy atom. The molecule has 0 saturated carbocycles. The molecule has 0 aliphatic heterocycles. The Bertz CT molecular complexity index is 950. The number of hydroxylamine groups is 1. The van der Waals surface area contributed by atoms with Gasteiger partial charge < -0.3 is 4.74 Å². The van der Waals surface area contributed by atoms with E-state index in [0.717, 1.165) is 6.07 Å². The highest BCUT2D eigenvalue weighted by Crippen LogP contribution is 2.16. The highest BCUT2D eigenvalue weighted by molar-refractivity contribution is 7.89. The molecule has 2 aromatic carbocycles. The maximum absolute atomic E-state index is 12.8. The van der Waals surface area contributed by atoms with E-state index in [1.54, 1.807) is 0 Å². The third-order valence-corrected chi connectivity index (χ3v) is 5.16. The van der Waals surface area contributed by atoms with Gasteiger partial charge in [-0.1, -0.05) is 10.5 Å². The first-order valence-electron chi connectivity index (χ1n) is 7.84. The van der Waals surface area contributed by atoms with Crippen molar-refractivity contribution in [1.82, 2.24) is 15.3 Å². The predicted molar refractivity (Wildman–Crippen MR) is 95.9 cm³/mol. The summed E-state index contributed by atoms with van der Waals surface area (Å²) in [4.78, 5) is 28.4. The van der Waals surface area contributed by atoms with Crippen LogP contribution in [0.25, 0.3) is 0 Å². The number of nitrogens with one attached hydrogen (secondary N) is 2. The van der Waals surface area contributed by atoms with Crippen LogP contribution in [0.2, 0.25) is 0 Å². The Morgan fingerprint density at radius 2 is 1.79 bits per heavy atom. The standard InChI is InChI=1S/C17H18FN3O6S/c1-21(26-2)28(24,25)15-5-3-4-12(10-15)17(23)20-19-16(22)11-27-14-8-6-13(18)7-9-14/h3-10H,11H2,1-2H3,(H,19,22)(H,20,23). The normalized spacial score (nSPS) is 11.1. The molecular formula is C17H18FN3O6S. The van der Waals surface area contributed by atoms with E-state index >= 15 is 0 Å². The zero-order valence-electron chi connectivity index (χ0n) is 15.0. The molecule has 0 heterocycles. The Balaban J connectivity index is 1.93. The average Bonchev–Trinajstić information content (AvgIpc) is 2.70. The van der Waals surface area contributed by atoms with Crippen LogP contribution in [-0.4, -0.2) is 45.5 Å². The van der Waals surface area contributed by atoms with Crippen molar-refractivity contribution in [3.8, 4) is 5.75 Å². The first kappa shape index (κ1) is 21.3. The van der Waals surface area contributed by atoms with Crippen molar-refractivity contribution in [3.05, 3.63) is 59.9 Å². The summed E-state index contributed by atoms with van der Waals surface area (Å²) < 4.78 is 43.0. The third-order valence-electron chi connectivity index (χ3n) is 3.49. The number of hydrogen-bond donors (Lipinski definition) is 2. The number of nitrogens with zero attached hydrogens (tertiary/aromatic N) is 1. The average molecular weight is 411 g/mol. The number of amides is 2. The third kappa shape index (κ3) is 5.49. The molecule has 0 bridgehead atoms. The van der Waals surface area contributed by atoms with Gasteiger partial charge in [0.05, 0.1) is 12.0 Å². The molecule has 28 heavy (non-hydrogen) atoms. The molecule has 2 N–H and O–H groups in total. The predicted octanol–water partition coefficient (Wildman–Crippen LogP) is 0.848. The van der Waals surface area contributed by atoms with Crippen molar-refractivity contribution in [2.75, 3.05) is 20.8 Å². The second-order valence-electron chi connectivity index (χ2n) is 5.37. The summed E-state index contributed by atoms with van der Waals surface area (Å²) in [5.41, 5.74) is 4.29. The van der Waals surface area contributed by atoms with Crippen LogP contribution in [0.5, 0.6) is 5.75 Å². The largest absolute Gasteiger partial charge is 0.484 e. The lowest BCUT2D eigenvalue weighted by molar-refractivity contribution is -0.123. The lowest BCUT2D eigenvalue weighted by Gasteiger charge is -2.14. The number of hydrogen-bond acceptors (Lipinski definition) is 6. The second-order valence-corrected chi connectivity index (χ2v) is 7.31. The molecule has 11 heteroatoms. The molecular weight excluding hydrogens is 393 g/mol. The molecule has 0 unspecified atom stereocenters. The first-order chi connectivity index (χ1) is 13.2. The number of carbonyl (C=O) groups is 2. The van der Waals surface area contributed by atoms with Crippen molar-refractivity contribution >= 4 is 21.8 Å². The van der Waals surface area contributed by atoms with Crippen molar-refractivity contribution in [2.45, 2.75) is 4.90 Å². The van der Waals surface area contributed by atoms with Gasteiger partial charge in [-0.05, 0) is 42.5 Å². The molecule has 0 saturated heterocycles. The Labute approximate surface area is 161 Å². The Hall–Kier alpha value is -3.02. The smallest absolute Gasteiger partial charge is 0.276 e. The van der Waals surface area contributed by atoms with E-state index in [1.807, 2.05) is 0 Å². The van der Waals surface area contributed by atoms with Crippen LogP contribution in [0.4, 0.5) is 4.39 Å². The van der Waals surface area contributed by atoms with Gasteiger partial charge in [0.1, 0.15) is 11.6 Å². The van der Waals surface area contributed by atoms with Gasteiger partial charge in [0.25, 0.3) is 21.8 Å². The summed E-state index contributed by atoms with van der Waals surface area (Å²) in [6.07, 6.45) is 0. The molecule has 150 valence electrons. The molecule has 0 fully saturated rings. The van der Waals surface area contributed by atoms with E-state index in [4.69, 9.17) is 4.74 Å². The number of carbonyl (C=O) groups excluding carboxylic acids is 2. The van der Waals surface area contributed by atoms with Gasteiger partial charge in [-0.2, -0.15) is 0 Å². The van der Waals surface area contributed by atoms with E-state index in [2.05, 4.69) is 15.7 Å². The first-order valence-corrected chi connectivity index (χ1v) is 9.28. The van der Waals surface area contributed by atoms with Crippen LogP contribution in [0, 0.1) is 5.82 Å². The summed E-state index contributed by atoms with van der Waals surface area (Å²) in [7, 11) is -1.52. The van der Waals surface area contributed by atoms with Crippen LogP contribution in [0.1, 0.15) is 10.4 Å². The Morgan fingerprint density at radius 3 is 2.43 bits per heavy atom. The molecule has 2 aromatic rings. The van der Waals surface area contributed by atoms with Crippen LogP contribution in [-0.2, 0) is 19.7 Å². The molecule has 9 nitrogen and oxygen atoms in total. The monoisotopic (exact) mass is 411 g/mol. The molecule has 0 aliphatic carbocycles.